The van der Waals surface area contributed by atoms with Gasteiger partial charge in [-0.05, 0) is 44.4 Å². The van der Waals surface area contributed by atoms with Crippen LogP contribution in [0, 0.1) is 33.8 Å². The van der Waals surface area contributed by atoms with E-state index in [-0.39, 0.29) is 25.8 Å². The molecular formula is C24H22IrN5O2-. The average Bonchev–Trinajstić information content (AvgIpc) is 2.81. The van der Waals surface area contributed by atoms with Crippen LogP contribution in [-0.2, 0) is 20.1 Å². The Morgan fingerprint density at radius 1 is 0.781 bits per heavy atom. The number of carboxylic acids is 1. The van der Waals surface area contributed by atoms with Crippen molar-refractivity contribution in [1.29, 1.82) is 0 Å². The number of nitrogens with zero attached hydrogens (tertiary/aromatic N) is 5. The molecule has 2 heterocycles. The molecule has 0 spiro atoms. The van der Waals surface area contributed by atoms with Crippen molar-refractivity contribution >= 4 is 5.97 Å². The van der Waals surface area contributed by atoms with Crippen molar-refractivity contribution in [3.05, 3.63) is 88.7 Å². The van der Waals surface area contributed by atoms with Crippen LogP contribution in [0.5, 0.6) is 0 Å². The van der Waals surface area contributed by atoms with Gasteiger partial charge in [0.1, 0.15) is 5.82 Å². The normalized spacial score (nSPS) is 9.88. The third-order valence-electron chi connectivity index (χ3n) is 4.97. The Bertz CT molecular complexity index is 1130. The second-order valence-corrected chi connectivity index (χ2v) is 6.92. The molecule has 8 heteroatoms. The molecule has 7 nitrogen and oxygen atoms in total. The Hall–Kier alpha value is -3.35. The third-order valence-corrected chi connectivity index (χ3v) is 4.97. The first kappa shape index (κ1) is 24.9. The summed E-state index contributed by atoms with van der Waals surface area (Å²) in [4.78, 5) is 14.8. The number of carboxylic acid groups (broad SMARTS) is 1. The van der Waals surface area contributed by atoms with Crippen LogP contribution in [0.2, 0.25) is 0 Å². The Morgan fingerprint density at radius 2 is 1.38 bits per heavy atom. The molecule has 0 saturated heterocycles. The number of carbonyl (C=O) groups is 1. The number of aromatic carboxylic acids is 1. The van der Waals surface area contributed by atoms with Crippen molar-refractivity contribution in [3.8, 4) is 22.8 Å². The zero-order valence-electron chi connectivity index (χ0n) is 18.1. The maximum atomic E-state index is 10.8. The van der Waals surface area contributed by atoms with E-state index in [4.69, 9.17) is 5.11 Å². The Morgan fingerprint density at radius 3 is 1.94 bits per heavy atom. The van der Waals surface area contributed by atoms with Gasteiger partial charge in [0.25, 0.3) is 0 Å². The van der Waals surface area contributed by atoms with E-state index < -0.39 is 5.97 Å². The van der Waals surface area contributed by atoms with E-state index in [1.54, 1.807) is 6.92 Å². The zero-order chi connectivity index (χ0) is 22.4. The molecule has 0 unspecified atom stereocenters. The fraction of sp³-hybridized carbons (Fsp3) is 0.167. The van der Waals surface area contributed by atoms with Gasteiger partial charge in [0.15, 0.2) is 5.69 Å². The van der Waals surface area contributed by atoms with Crippen LogP contribution in [0.3, 0.4) is 0 Å². The summed E-state index contributed by atoms with van der Waals surface area (Å²) < 4.78 is 0. The van der Waals surface area contributed by atoms with Crippen molar-refractivity contribution in [2.45, 2.75) is 27.7 Å². The molecule has 0 aliphatic carbocycles. The van der Waals surface area contributed by atoms with Gasteiger partial charge in [-0.2, -0.15) is 10.2 Å². The number of aryl methyl sites for hydroxylation is 1. The monoisotopic (exact) mass is 605 g/mol. The van der Waals surface area contributed by atoms with Crippen LogP contribution in [0.4, 0.5) is 0 Å². The van der Waals surface area contributed by atoms with E-state index in [1.165, 1.54) is 0 Å². The first-order chi connectivity index (χ1) is 14.9. The van der Waals surface area contributed by atoms with Crippen LogP contribution in [0.15, 0.2) is 54.6 Å². The van der Waals surface area contributed by atoms with E-state index in [0.717, 1.165) is 33.5 Å². The van der Waals surface area contributed by atoms with Crippen LogP contribution in [0.25, 0.3) is 22.8 Å². The van der Waals surface area contributed by atoms with E-state index >= 15 is 0 Å². The SMILES string of the molecule is Cc1nc(C(=O)O)c(C)c(C)c1C.[Ir].[c-]1ccccc1-c1nnc(-c2ccccc2)nn1. The minimum absolute atomic E-state index is 0. The van der Waals surface area contributed by atoms with Crippen LogP contribution >= 0.6 is 0 Å². The molecule has 2 aromatic heterocycles. The number of hydrogen-bond donors (Lipinski definition) is 1. The maximum Gasteiger partial charge on any atom is 0.354 e. The van der Waals surface area contributed by atoms with Crippen LogP contribution in [-0.4, -0.2) is 36.5 Å². The summed E-state index contributed by atoms with van der Waals surface area (Å²) >= 11 is 0. The van der Waals surface area contributed by atoms with Gasteiger partial charge in [0, 0.05) is 31.4 Å². The van der Waals surface area contributed by atoms with Gasteiger partial charge in [-0.3, -0.25) is 0 Å². The molecule has 4 rings (SSSR count). The predicted molar refractivity (Wildman–Crippen MR) is 117 cm³/mol. The van der Waals surface area contributed by atoms with Gasteiger partial charge >= 0.3 is 5.97 Å². The van der Waals surface area contributed by atoms with Gasteiger partial charge < -0.3 is 5.11 Å². The van der Waals surface area contributed by atoms with Gasteiger partial charge in [0.05, 0.1) is 0 Å². The van der Waals surface area contributed by atoms with E-state index in [9.17, 15) is 4.79 Å². The summed E-state index contributed by atoms with van der Waals surface area (Å²) in [5.41, 5.74) is 5.50. The van der Waals surface area contributed by atoms with Gasteiger partial charge in [0.2, 0.25) is 5.82 Å². The fourth-order valence-electron chi connectivity index (χ4n) is 2.85. The van der Waals surface area contributed by atoms with Gasteiger partial charge in [-0.15, -0.1) is 46.1 Å². The van der Waals surface area contributed by atoms with Crippen LogP contribution in [0.1, 0.15) is 32.9 Å². The molecule has 1 radical (unpaired) electrons. The van der Waals surface area contributed by atoms with Crippen LogP contribution < -0.4 is 0 Å². The molecular weight excluding hydrogens is 583 g/mol. The van der Waals surface area contributed by atoms with Gasteiger partial charge in [-0.25, -0.2) is 9.78 Å². The summed E-state index contributed by atoms with van der Waals surface area (Å²) in [6.45, 7) is 7.49. The summed E-state index contributed by atoms with van der Waals surface area (Å²) in [5, 5.41) is 25.1. The van der Waals surface area contributed by atoms with Crippen molar-refractivity contribution in [2.24, 2.45) is 0 Å². The molecule has 0 saturated carbocycles. The number of pyridine rings is 1. The minimum Gasteiger partial charge on any atom is -0.477 e. The molecule has 0 aliphatic heterocycles. The molecule has 1 N–H and O–H groups in total. The first-order valence-electron chi connectivity index (χ1n) is 9.66. The van der Waals surface area contributed by atoms with Crippen molar-refractivity contribution in [3.63, 3.8) is 0 Å². The number of benzene rings is 2. The second kappa shape index (κ2) is 11.3. The molecule has 32 heavy (non-hydrogen) atoms. The Labute approximate surface area is 200 Å². The second-order valence-electron chi connectivity index (χ2n) is 6.92. The topological polar surface area (TPSA) is 102 Å². The van der Waals surface area contributed by atoms with Crippen molar-refractivity contribution in [2.75, 3.05) is 0 Å². The number of rotatable bonds is 3. The molecule has 0 amide bonds. The summed E-state index contributed by atoms with van der Waals surface area (Å²) in [6.07, 6.45) is 0. The standard InChI is InChI=1S/C14H9N4.C10H13NO2.Ir/c1-3-7-11(8-4-1)13-15-17-14(18-16-13)12-9-5-2-6-10-12;1-5-6(2)8(4)11-9(7(5)3)10(12)13;/h1-9H;1-4H3,(H,12,13);/q-1;;. The largest absolute Gasteiger partial charge is 0.477 e. The molecule has 0 bridgehead atoms. The van der Waals surface area contributed by atoms with E-state index in [1.807, 2.05) is 75.4 Å². The number of hydrogen-bond acceptors (Lipinski definition) is 6. The molecule has 0 aliphatic rings. The summed E-state index contributed by atoms with van der Waals surface area (Å²) in [7, 11) is 0. The quantitative estimate of drug-likeness (QED) is 0.346. The Balaban J connectivity index is 0.000000232. The van der Waals surface area contributed by atoms with Crippen molar-refractivity contribution in [1.82, 2.24) is 25.4 Å². The summed E-state index contributed by atoms with van der Waals surface area (Å²) in [6, 6.07) is 20.2. The average molecular weight is 605 g/mol. The minimum atomic E-state index is -0.955. The van der Waals surface area contributed by atoms with Crippen molar-refractivity contribution < 1.29 is 30.0 Å². The predicted octanol–water partition coefficient (Wildman–Crippen LogP) is 4.41. The Kier molecular flexibility index (Phi) is 8.81. The van der Waals surface area contributed by atoms with E-state index in [2.05, 4.69) is 31.4 Å². The molecule has 165 valence electrons. The summed E-state index contributed by atoms with van der Waals surface area (Å²) in [5.74, 6) is 0.0502. The first-order valence-corrected chi connectivity index (χ1v) is 9.66. The molecule has 0 fully saturated rings. The maximum absolute atomic E-state index is 10.8. The smallest absolute Gasteiger partial charge is 0.354 e. The molecule has 4 aromatic rings. The molecule has 0 atom stereocenters. The third kappa shape index (κ3) is 5.87. The molecule has 2 aromatic carbocycles. The van der Waals surface area contributed by atoms with Gasteiger partial charge in [-0.1, -0.05) is 30.3 Å². The zero-order valence-corrected chi connectivity index (χ0v) is 20.5. The number of aromatic nitrogens is 5. The van der Waals surface area contributed by atoms with E-state index in [0.29, 0.717) is 11.6 Å². The fourth-order valence-corrected chi connectivity index (χ4v) is 2.85.